The maximum Gasteiger partial charge on any atom is 0.116 e. The largest absolute Gasteiger partial charge is 0.362 e. The molecule has 0 unspecified atom stereocenters. The van der Waals surface area contributed by atoms with Gasteiger partial charge in [0.1, 0.15) is 6.73 Å². The van der Waals surface area contributed by atoms with Crippen molar-refractivity contribution >= 4 is 21.6 Å². The Morgan fingerprint density at radius 2 is 2.33 bits per heavy atom. The maximum absolute atomic E-state index is 5.29. The Labute approximate surface area is 80.1 Å². The number of halogens is 1. The molecule has 12 heavy (non-hydrogen) atoms. The number of hydrogen-bond donors (Lipinski definition) is 1. The summed E-state index contributed by atoms with van der Waals surface area (Å²) in [5.41, 5.74) is 2.51. The van der Waals surface area contributed by atoms with Gasteiger partial charge in [0.2, 0.25) is 0 Å². The van der Waals surface area contributed by atoms with Crippen molar-refractivity contribution in [3.8, 4) is 0 Å². The van der Waals surface area contributed by atoms with E-state index in [1.165, 1.54) is 11.3 Å². The van der Waals surface area contributed by atoms with Crippen molar-refractivity contribution in [3.63, 3.8) is 0 Å². The van der Waals surface area contributed by atoms with E-state index in [2.05, 4.69) is 33.4 Å². The first-order valence-corrected chi connectivity index (χ1v) is 4.75. The zero-order chi connectivity index (χ0) is 8.39. The highest BCUT2D eigenvalue weighted by Crippen LogP contribution is 2.22. The van der Waals surface area contributed by atoms with Crippen LogP contribution >= 0.6 is 15.9 Å². The molecule has 0 bridgehead atoms. The Morgan fingerprint density at radius 3 is 3.25 bits per heavy atom. The summed E-state index contributed by atoms with van der Waals surface area (Å²) in [6.07, 6.45) is 0.988. The van der Waals surface area contributed by atoms with E-state index in [-0.39, 0.29) is 0 Å². The lowest BCUT2D eigenvalue weighted by Gasteiger charge is -2.05. The number of anilines is 1. The molecule has 2 nitrogen and oxygen atoms in total. The van der Waals surface area contributed by atoms with Crippen LogP contribution in [0.1, 0.15) is 5.56 Å². The minimum atomic E-state index is 0.620. The first kappa shape index (κ1) is 8.08. The number of rotatable bonds is 0. The van der Waals surface area contributed by atoms with Crippen LogP contribution in [0.4, 0.5) is 5.69 Å². The molecule has 0 saturated heterocycles. The third kappa shape index (κ3) is 1.62. The zero-order valence-electron chi connectivity index (χ0n) is 6.64. The molecule has 1 heterocycles. The first-order chi connectivity index (χ1) is 5.86. The number of benzene rings is 1. The Hall–Kier alpha value is -0.540. The van der Waals surface area contributed by atoms with E-state index in [9.17, 15) is 0 Å². The Bertz CT molecular complexity index is 288. The molecule has 0 atom stereocenters. The summed E-state index contributed by atoms with van der Waals surface area (Å²) in [7, 11) is 0. The first-order valence-electron chi connectivity index (χ1n) is 3.96. The molecule has 0 fully saturated rings. The van der Waals surface area contributed by atoms with Crippen molar-refractivity contribution in [1.29, 1.82) is 0 Å². The maximum atomic E-state index is 5.29. The molecule has 1 aromatic carbocycles. The van der Waals surface area contributed by atoms with Crippen LogP contribution in [0.2, 0.25) is 0 Å². The summed E-state index contributed by atoms with van der Waals surface area (Å²) < 4.78 is 6.42. The second-order valence-electron chi connectivity index (χ2n) is 2.78. The van der Waals surface area contributed by atoms with Gasteiger partial charge in [-0.25, -0.2) is 0 Å². The molecule has 1 aliphatic heterocycles. The van der Waals surface area contributed by atoms with Gasteiger partial charge in [0.15, 0.2) is 0 Å². The molecule has 1 N–H and O–H groups in total. The van der Waals surface area contributed by atoms with Crippen molar-refractivity contribution in [2.75, 3.05) is 18.7 Å². The van der Waals surface area contributed by atoms with Gasteiger partial charge in [-0.05, 0) is 30.2 Å². The lowest BCUT2D eigenvalue weighted by Crippen LogP contribution is -2.02. The Balaban J connectivity index is 2.36. The predicted octanol–water partition coefficient (Wildman–Crippen LogP) is 2.39. The molecule has 0 aromatic heterocycles. The van der Waals surface area contributed by atoms with Crippen molar-refractivity contribution < 1.29 is 4.74 Å². The molecule has 0 spiro atoms. The second kappa shape index (κ2) is 3.46. The van der Waals surface area contributed by atoms with Gasteiger partial charge in [0, 0.05) is 10.2 Å². The topological polar surface area (TPSA) is 21.3 Å². The van der Waals surface area contributed by atoms with Crippen LogP contribution in [0.3, 0.4) is 0 Å². The van der Waals surface area contributed by atoms with Crippen LogP contribution < -0.4 is 5.32 Å². The highest BCUT2D eigenvalue weighted by atomic mass is 79.9. The summed E-state index contributed by atoms with van der Waals surface area (Å²) in [6.45, 7) is 1.42. The van der Waals surface area contributed by atoms with E-state index < -0.39 is 0 Å². The van der Waals surface area contributed by atoms with Gasteiger partial charge in [0.25, 0.3) is 0 Å². The summed E-state index contributed by atoms with van der Waals surface area (Å²) in [5.74, 6) is 0. The van der Waals surface area contributed by atoms with Gasteiger partial charge in [-0.15, -0.1) is 0 Å². The molecular weight excluding hydrogens is 218 g/mol. The fourth-order valence-corrected chi connectivity index (χ4v) is 1.73. The summed E-state index contributed by atoms with van der Waals surface area (Å²) in [4.78, 5) is 0. The van der Waals surface area contributed by atoms with E-state index in [4.69, 9.17) is 4.74 Å². The normalized spacial score (nSPS) is 16.1. The zero-order valence-corrected chi connectivity index (χ0v) is 8.23. The second-order valence-corrected chi connectivity index (χ2v) is 3.70. The van der Waals surface area contributed by atoms with Crippen LogP contribution in [0.5, 0.6) is 0 Å². The van der Waals surface area contributed by atoms with Crippen molar-refractivity contribution in [2.24, 2.45) is 0 Å². The molecule has 64 valence electrons. The molecule has 1 aliphatic rings. The van der Waals surface area contributed by atoms with Crippen LogP contribution in [-0.2, 0) is 11.2 Å². The number of hydrogen-bond acceptors (Lipinski definition) is 2. The van der Waals surface area contributed by atoms with Gasteiger partial charge in [-0.1, -0.05) is 15.9 Å². The molecule has 0 radical (unpaired) electrons. The van der Waals surface area contributed by atoms with Crippen LogP contribution in [0.25, 0.3) is 0 Å². The molecule has 0 saturated carbocycles. The quantitative estimate of drug-likeness (QED) is 0.736. The Morgan fingerprint density at radius 1 is 1.42 bits per heavy atom. The molecule has 3 heteroatoms. The molecule has 1 aromatic rings. The average molecular weight is 228 g/mol. The minimum absolute atomic E-state index is 0.620. The number of nitrogens with one attached hydrogen (secondary N) is 1. The fourth-order valence-electron chi connectivity index (χ4n) is 1.32. The SMILES string of the molecule is Brc1ccc2c(c1)CCOCN2. The van der Waals surface area contributed by atoms with E-state index in [1.54, 1.807) is 0 Å². The smallest absolute Gasteiger partial charge is 0.116 e. The number of ether oxygens (including phenoxy) is 1. The molecule has 0 aliphatic carbocycles. The van der Waals surface area contributed by atoms with Crippen molar-refractivity contribution in [2.45, 2.75) is 6.42 Å². The van der Waals surface area contributed by atoms with E-state index in [0.717, 1.165) is 17.5 Å². The van der Waals surface area contributed by atoms with Crippen LogP contribution in [-0.4, -0.2) is 13.3 Å². The van der Waals surface area contributed by atoms with Gasteiger partial charge in [0.05, 0.1) is 6.61 Å². The van der Waals surface area contributed by atoms with E-state index >= 15 is 0 Å². The van der Waals surface area contributed by atoms with Crippen molar-refractivity contribution in [1.82, 2.24) is 0 Å². The standard InChI is InChI=1S/C9H10BrNO/c10-8-1-2-9-7(5-8)3-4-12-6-11-9/h1-2,5,11H,3-4,6H2. The van der Waals surface area contributed by atoms with Gasteiger partial charge < -0.3 is 10.1 Å². The molecular formula is C9H10BrNO. The third-order valence-electron chi connectivity index (χ3n) is 1.95. The van der Waals surface area contributed by atoms with Gasteiger partial charge in [-0.2, -0.15) is 0 Å². The highest BCUT2D eigenvalue weighted by Gasteiger charge is 2.06. The monoisotopic (exact) mass is 227 g/mol. The third-order valence-corrected chi connectivity index (χ3v) is 2.44. The minimum Gasteiger partial charge on any atom is -0.362 e. The number of fused-ring (bicyclic) bond motifs is 1. The lowest BCUT2D eigenvalue weighted by molar-refractivity contribution is 0.160. The Kier molecular flexibility index (Phi) is 2.33. The van der Waals surface area contributed by atoms with Crippen LogP contribution in [0, 0.1) is 0 Å². The predicted molar refractivity (Wildman–Crippen MR) is 52.3 cm³/mol. The highest BCUT2D eigenvalue weighted by molar-refractivity contribution is 9.10. The average Bonchev–Trinajstić information content (AvgIpc) is 2.28. The fraction of sp³-hybridized carbons (Fsp3) is 0.333. The summed E-state index contributed by atoms with van der Waals surface area (Å²) in [5, 5.41) is 3.21. The van der Waals surface area contributed by atoms with E-state index in [1.807, 2.05) is 6.07 Å². The summed E-state index contributed by atoms with van der Waals surface area (Å²) in [6, 6.07) is 6.25. The van der Waals surface area contributed by atoms with Crippen molar-refractivity contribution in [3.05, 3.63) is 28.2 Å². The van der Waals surface area contributed by atoms with E-state index in [0.29, 0.717) is 6.73 Å². The van der Waals surface area contributed by atoms with Gasteiger partial charge >= 0.3 is 0 Å². The van der Waals surface area contributed by atoms with Gasteiger partial charge in [-0.3, -0.25) is 0 Å². The lowest BCUT2D eigenvalue weighted by atomic mass is 10.1. The molecule has 0 amide bonds. The molecule has 2 rings (SSSR count). The summed E-state index contributed by atoms with van der Waals surface area (Å²) >= 11 is 3.45. The van der Waals surface area contributed by atoms with Crippen LogP contribution in [0.15, 0.2) is 22.7 Å².